The Morgan fingerprint density at radius 3 is 2.40 bits per heavy atom. The summed E-state index contributed by atoms with van der Waals surface area (Å²) in [4.78, 5) is 44.9. The third-order valence-electron chi connectivity index (χ3n) is 6.16. The molecule has 208 valence electrons. The Labute approximate surface area is 237 Å². The predicted octanol–water partition coefficient (Wildman–Crippen LogP) is 5.08. The molecule has 0 saturated carbocycles. The Hall–Kier alpha value is -4.31. The van der Waals surface area contributed by atoms with Gasteiger partial charge in [-0.3, -0.25) is 14.5 Å². The Bertz CT molecular complexity index is 1370. The molecule has 3 aromatic carbocycles. The van der Waals surface area contributed by atoms with E-state index < -0.39 is 11.2 Å². The molecule has 0 aliphatic carbocycles. The minimum absolute atomic E-state index is 0.0316. The zero-order chi connectivity index (χ0) is 28.5. The molecule has 0 bridgehead atoms. The standard InChI is InChI=1S/C30H31N3O6S/c1-4-39-29(36)21-10-12-22(13-11-21)32-30-33(17-16-20-8-14-24(37-2)15-9-20)27(34)19-26(40-30)28(35)31-23-6-5-7-25(18-23)38-3/h5-15,18,26H,4,16-17,19H2,1-3H3,(H,31,35). The number of amidine groups is 1. The van der Waals surface area contributed by atoms with Crippen molar-refractivity contribution in [3.63, 3.8) is 0 Å². The van der Waals surface area contributed by atoms with Crippen molar-refractivity contribution in [2.24, 2.45) is 4.99 Å². The molecule has 40 heavy (non-hydrogen) atoms. The number of rotatable bonds is 10. The van der Waals surface area contributed by atoms with Gasteiger partial charge in [0.2, 0.25) is 11.8 Å². The van der Waals surface area contributed by atoms with Crippen molar-refractivity contribution in [3.05, 3.63) is 83.9 Å². The summed E-state index contributed by atoms with van der Waals surface area (Å²) in [5.41, 5.74) is 2.57. The van der Waals surface area contributed by atoms with Gasteiger partial charge in [0.15, 0.2) is 5.17 Å². The minimum atomic E-state index is -0.673. The van der Waals surface area contributed by atoms with Crippen LogP contribution in [0.25, 0.3) is 0 Å². The van der Waals surface area contributed by atoms with Gasteiger partial charge in [-0.2, -0.15) is 0 Å². The third-order valence-corrected chi connectivity index (χ3v) is 7.34. The van der Waals surface area contributed by atoms with Gasteiger partial charge >= 0.3 is 5.97 Å². The van der Waals surface area contributed by atoms with Crippen LogP contribution in [0, 0.1) is 0 Å². The molecule has 1 unspecified atom stereocenters. The van der Waals surface area contributed by atoms with Crippen molar-refractivity contribution < 1.29 is 28.6 Å². The number of carbonyl (C=O) groups is 3. The number of methoxy groups -OCH3 is 2. The highest BCUT2D eigenvalue weighted by Crippen LogP contribution is 2.31. The van der Waals surface area contributed by atoms with E-state index in [1.54, 1.807) is 74.6 Å². The monoisotopic (exact) mass is 561 g/mol. The molecule has 1 heterocycles. The zero-order valence-electron chi connectivity index (χ0n) is 22.6. The third kappa shape index (κ3) is 7.41. The van der Waals surface area contributed by atoms with Crippen LogP contribution in [0.4, 0.5) is 11.4 Å². The highest BCUT2D eigenvalue weighted by molar-refractivity contribution is 8.15. The molecule has 1 fully saturated rings. The van der Waals surface area contributed by atoms with E-state index in [1.165, 1.54) is 11.8 Å². The number of nitrogens with zero attached hydrogens (tertiary/aromatic N) is 2. The number of carbonyl (C=O) groups excluding carboxylic acids is 3. The molecule has 3 aromatic rings. The second kappa shape index (κ2) is 13.7. The first-order valence-electron chi connectivity index (χ1n) is 12.8. The lowest BCUT2D eigenvalue weighted by molar-refractivity contribution is -0.129. The minimum Gasteiger partial charge on any atom is -0.497 e. The number of benzene rings is 3. The SMILES string of the molecule is CCOC(=O)c1ccc(N=C2SC(C(=O)Nc3cccc(OC)c3)CC(=O)N2CCc2ccc(OC)cc2)cc1. The highest BCUT2D eigenvalue weighted by Gasteiger charge is 2.36. The molecule has 2 amide bonds. The van der Waals surface area contributed by atoms with E-state index >= 15 is 0 Å². The second-order valence-corrected chi connectivity index (χ2v) is 10.0. The number of amides is 2. The fourth-order valence-corrected chi connectivity index (χ4v) is 5.14. The Balaban J connectivity index is 1.55. The Kier molecular flexibility index (Phi) is 9.80. The molecular formula is C30H31N3O6S. The van der Waals surface area contributed by atoms with E-state index in [4.69, 9.17) is 19.2 Å². The van der Waals surface area contributed by atoms with Crippen molar-refractivity contribution in [1.29, 1.82) is 0 Å². The molecule has 0 spiro atoms. The van der Waals surface area contributed by atoms with Crippen LogP contribution in [0.3, 0.4) is 0 Å². The largest absolute Gasteiger partial charge is 0.497 e. The number of hydrogen-bond donors (Lipinski definition) is 1. The van der Waals surface area contributed by atoms with E-state index in [2.05, 4.69) is 5.32 Å². The maximum absolute atomic E-state index is 13.4. The Morgan fingerprint density at radius 2 is 1.73 bits per heavy atom. The van der Waals surface area contributed by atoms with E-state index in [9.17, 15) is 14.4 Å². The fraction of sp³-hybridized carbons (Fsp3) is 0.267. The van der Waals surface area contributed by atoms with Gasteiger partial charge in [-0.05, 0) is 67.4 Å². The van der Waals surface area contributed by atoms with Gasteiger partial charge in [0.05, 0.1) is 32.1 Å². The van der Waals surface area contributed by atoms with Crippen molar-refractivity contribution in [1.82, 2.24) is 4.90 Å². The van der Waals surface area contributed by atoms with E-state index in [1.807, 2.05) is 24.3 Å². The van der Waals surface area contributed by atoms with Gasteiger partial charge in [0.25, 0.3) is 0 Å². The van der Waals surface area contributed by atoms with Gasteiger partial charge in [-0.25, -0.2) is 9.79 Å². The van der Waals surface area contributed by atoms with Crippen LogP contribution in [-0.4, -0.2) is 60.5 Å². The first-order chi connectivity index (χ1) is 19.4. The topological polar surface area (TPSA) is 107 Å². The lowest BCUT2D eigenvalue weighted by Crippen LogP contribution is -2.46. The van der Waals surface area contributed by atoms with Crippen LogP contribution >= 0.6 is 11.8 Å². The van der Waals surface area contributed by atoms with Crippen molar-refractivity contribution in [3.8, 4) is 11.5 Å². The molecule has 1 atom stereocenters. The summed E-state index contributed by atoms with van der Waals surface area (Å²) in [5, 5.41) is 2.62. The zero-order valence-corrected chi connectivity index (χ0v) is 23.4. The lowest BCUT2D eigenvalue weighted by atomic mass is 10.1. The van der Waals surface area contributed by atoms with Crippen LogP contribution in [0.2, 0.25) is 0 Å². The number of ether oxygens (including phenoxy) is 3. The van der Waals surface area contributed by atoms with Gasteiger partial charge < -0.3 is 19.5 Å². The molecule has 1 saturated heterocycles. The quantitative estimate of drug-likeness (QED) is 0.344. The number of hydrogen-bond acceptors (Lipinski definition) is 8. The Morgan fingerprint density at radius 1 is 1.00 bits per heavy atom. The number of nitrogens with one attached hydrogen (secondary N) is 1. The first-order valence-corrected chi connectivity index (χ1v) is 13.7. The van der Waals surface area contributed by atoms with Crippen LogP contribution in [0.1, 0.15) is 29.3 Å². The number of esters is 1. The molecule has 0 radical (unpaired) electrons. The van der Waals surface area contributed by atoms with E-state index in [0.29, 0.717) is 40.8 Å². The molecule has 1 aliphatic rings. The van der Waals surface area contributed by atoms with Gasteiger partial charge in [-0.1, -0.05) is 30.0 Å². The van der Waals surface area contributed by atoms with Gasteiger partial charge in [0, 0.05) is 24.7 Å². The lowest BCUT2D eigenvalue weighted by Gasteiger charge is -2.32. The smallest absolute Gasteiger partial charge is 0.338 e. The predicted molar refractivity (Wildman–Crippen MR) is 156 cm³/mol. The van der Waals surface area contributed by atoms with Crippen molar-refractivity contribution >= 4 is 46.1 Å². The molecule has 1 aliphatic heterocycles. The molecule has 0 aromatic heterocycles. The first kappa shape index (κ1) is 28.7. The average molecular weight is 562 g/mol. The summed E-state index contributed by atoms with van der Waals surface area (Å²) < 4.78 is 15.5. The summed E-state index contributed by atoms with van der Waals surface area (Å²) in [6.45, 7) is 2.42. The molecule has 1 N–H and O–H groups in total. The average Bonchev–Trinajstić information content (AvgIpc) is 2.97. The van der Waals surface area contributed by atoms with Crippen molar-refractivity contribution in [2.45, 2.75) is 25.0 Å². The maximum atomic E-state index is 13.4. The summed E-state index contributed by atoms with van der Waals surface area (Å²) in [6, 6.07) is 21.3. The number of thioether (sulfide) groups is 1. The van der Waals surface area contributed by atoms with E-state index in [0.717, 1.165) is 11.3 Å². The normalized spacial score (nSPS) is 16.0. The molecule has 4 rings (SSSR count). The van der Waals surface area contributed by atoms with Gasteiger partial charge in [-0.15, -0.1) is 0 Å². The number of aliphatic imine (C=N–C) groups is 1. The molecular weight excluding hydrogens is 530 g/mol. The van der Waals surface area contributed by atoms with Crippen LogP contribution in [-0.2, 0) is 20.7 Å². The van der Waals surface area contributed by atoms with Crippen molar-refractivity contribution in [2.75, 3.05) is 32.7 Å². The summed E-state index contributed by atoms with van der Waals surface area (Å²) in [6.07, 6.45) is 0.627. The van der Waals surface area contributed by atoms with Crippen LogP contribution in [0.15, 0.2) is 77.8 Å². The van der Waals surface area contributed by atoms with E-state index in [-0.39, 0.29) is 24.8 Å². The number of anilines is 1. The fourth-order valence-electron chi connectivity index (χ4n) is 4.01. The maximum Gasteiger partial charge on any atom is 0.338 e. The second-order valence-electron chi connectivity index (χ2n) is 8.84. The summed E-state index contributed by atoms with van der Waals surface area (Å²) in [5.74, 6) is 0.459. The molecule has 9 nitrogen and oxygen atoms in total. The van der Waals surface area contributed by atoms with Crippen LogP contribution < -0.4 is 14.8 Å². The summed E-state index contributed by atoms with van der Waals surface area (Å²) >= 11 is 1.24. The molecule has 10 heteroatoms. The van der Waals surface area contributed by atoms with Gasteiger partial charge in [0.1, 0.15) is 16.7 Å². The highest BCUT2D eigenvalue weighted by atomic mass is 32.2. The van der Waals surface area contributed by atoms with Crippen LogP contribution in [0.5, 0.6) is 11.5 Å². The summed E-state index contributed by atoms with van der Waals surface area (Å²) in [7, 11) is 3.17.